The van der Waals surface area contributed by atoms with E-state index in [4.69, 9.17) is 5.11 Å². The number of carbonyl (C=O) groups is 2. The van der Waals surface area contributed by atoms with Gasteiger partial charge in [-0.2, -0.15) is 0 Å². The summed E-state index contributed by atoms with van der Waals surface area (Å²) in [5, 5.41) is 8.56. The van der Waals surface area contributed by atoms with Crippen LogP contribution in [0.5, 0.6) is 0 Å². The van der Waals surface area contributed by atoms with Gasteiger partial charge in [0.25, 0.3) is 0 Å². The van der Waals surface area contributed by atoms with Crippen molar-refractivity contribution in [1.82, 2.24) is 9.80 Å². The van der Waals surface area contributed by atoms with Crippen LogP contribution in [0, 0.1) is 5.92 Å². The van der Waals surface area contributed by atoms with Crippen LogP contribution in [0.1, 0.15) is 39.5 Å². The van der Waals surface area contributed by atoms with Crippen LogP contribution in [0.15, 0.2) is 0 Å². The number of carbonyl (C=O) groups excluding carboxylic acids is 1. The van der Waals surface area contributed by atoms with E-state index in [0.717, 1.165) is 19.5 Å². The molecule has 1 rings (SSSR count). The van der Waals surface area contributed by atoms with Gasteiger partial charge in [-0.3, -0.25) is 9.59 Å². The molecule has 1 amide bonds. The Bertz CT molecular complexity index is 342. The van der Waals surface area contributed by atoms with Gasteiger partial charge in [-0.25, -0.2) is 0 Å². The molecule has 0 aromatic rings. The normalized spacial score (nSPS) is 22.4. The van der Waals surface area contributed by atoms with Crippen LogP contribution in [0.2, 0.25) is 0 Å². The van der Waals surface area contributed by atoms with Crippen LogP contribution in [0.3, 0.4) is 0 Å². The van der Waals surface area contributed by atoms with E-state index < -0.39 is 5.97 Å². The Morgan fingerprint density at radius 3 is 2.47 bits per heavy atom. The Morgan fingerprint density at radius 1 is 1.37 bits per heavy atom. The zero-order chi connectivity index (χ0) is 14.6. The Balaban J connectivity index is 2.40. The SMILES string of the molecule is CN(CC1CCN(C)C1(C)C)C(=O)CCCC(=O)O. The third-order valence-electron chi connectivity index (χ3n) is 4.50. The summed E-state index contributed by atoms with van der Waals surface area (Å²) in [4.78, 5) is 26.4. The Kier molecular flexibility index (Phi) is 5.35. The van der Waals surface area contributed by atoms with Crippen LogP contribution < -0.4 is 0 Å². The highest BCUT2D eigenvalue weighted by atomic mass is 16.4. The van der Waals surface area contributed by atoms with Crippen LogP contribution in [-0.2, 0) is 9.59 Å². The summed E-state index contributed by atoms with van der Waals surface area (Å²) in [5.41, 5.74) is 0.121. The molecule has 1 aliphatic heterocycles. The maximum Gasteiger partial charge on any atom is 0.303 e. The molecule has 1 fully saturated rings. The maximum absolute atomic E-state index is 11.9. The summed E-state index contributed by atoms with van der Waals surface area (Å²) in [6.07, 6.45) is 1.92. The van der Waals surface area contributed by atoms with Crippen molar-refractivity contribution in [2.24, 2.45) is 5.92 Å². The van der Waals surface area contributed by atoms with Crippen molar-refractivity contribution in [1.29, 1.82) is 0 Å². The first-order valence-electron chi connectivity index (χ1n) is 6.92. The summed E-state index contributed by atoms with van der Waals surface area (Å²) in [7, 11) is 3.94. The summed E-state index contributed by atoms with van der Waals surface area (Å²) in [5.74, 6) is -0.313. The molecule has 0 bridgehead atoms. The quantitative estimate of drug-likeness (QED) is 0.793. The van der Waals surface area contributed by atoms with Gasteiger partial charge >= 0.3 is 5.97 Å². The Labute approximate surface area is 115 Å². The third-order valence-corrected chi connectivity index (χ3v) is 4.50. The van der Waals surface area contributed by atoms with E-state index in [0.29, 0.717) is 18.8 Å². The molecule has 1 aliphatic rings. The number of likely N-dealkylation sites (tertiary alicyclic amines) is 1. The van der Waals surface area contributed by atoms with Gasteiger partial charge in [0.2, 0.25) is 5.91 Å². The summed E-state index contributed by atoms with van der Waals surface area (Å²) >= 11 is 0. The molecule has 1 saturated heterocycles. The zero-order valence-electron chi connectivity index (χ0n) is 12.5. The Morgan fingerprint density at radius 2 is 2.00 bits per heavy atom. The lowest BCUT2D eigenvalue weighted by Gasteiger charge is -2.35. The van der Waals surface area contributed by atoms with Gasteiger partial charge in [0.1, 0.15) is 0 Å². The highest BCUT2D eigenvalue weighted by molar-refractivity contribution is 5.76. The molecular formula is C14H26N2O3. The number of carboxylic acid groups (broad SMARTS) is 1. The van der Waals surface area contributed by atoms with Crippen molar-refractivity contribution >= 4 is 11.9 Å². The molecule has 1 N–H and O–H groups in total. The lowest BCUT2D eigenvalue weighted by molar-refractivity contribution is -0.137. The van der Waals surface area contributed by atoms with E-state index in [2.05, 4.69) is 25.8 Å². The molecular weight excluding hydrogens is 244 g/mol. The first-order valence-corrected chi connectivity index (χ1v) is 6.92. The number of nitrogens with zero attached hydrogens (tertiary/aromatic N) is 2. The topological polar surface area (TPSA) is 60.9 Å². The monoisotopic (exact) mass is 270 g/mol. The van der Waals surface area contributed by atoms with Gasteiger partial charge in [0, 0.05) is 32.0 Å². The van der Waals surface area contributed by atoms with Crippen molar-refractivity contribution in [3.05, 3.63) is 0 Å². The highest BCUT2D eigenvalue weighted by Crippen LogP contribution is 2.33. The maximum atomic E-state index is 11.9. The van der Waals surface area contributed by atoms with E-state index in [1.807, 2.05) is 7.05 Å². The number of hydrogen-bond acceptors (Lipinski definition) is 3. The van der Waals surface area contributed by atoms with Crippen molar-refractivity contribution in [3.8, 4) is 0 Å². The van der Waals surface area contributed by atoms with Crippen LogP contribution in [0.25, 0.3) is 0 Å². The largest absolute Gasteiger partial charge is 0.481 e. The van der Waals surface area contributed by atoms with E-state index >= 15 is 0 Å². The van der Waals surface area contributed by atoms with Crippen molar-refractivity contribution in [2.75, 3.05) is 27.2 Å². The van der Waals surface area contributed by atoms with Crippen LogP contribution in [-0.4, -0.2) is 59.5 Å². The minimum atomic E-state index is -0.839. The smallest absolute Gasteiger partial charge is 0.303 e. The summed E-state index contributed by atoms with van der Waals surface area (Å²) in [6.45, 7) is 6.25. The van der Waals surface area contributed by atoms with Crippen molar-refractivity contribution in [3.63, 3.8) is 0 Å². The predicted molar refractivity (Wildman–Crippen MR) is 73.9 cm³/mol. The molecule has 1 unspecified atom stereocenters. The van der Waals surface area contributed by atoms with E-state index in [9.17, 15) is 9.59 Å². The number of aliphatic carboxylic acids is 1. The predicted octanol–water partition coefficient (Wildman–Crippen LogP) is 1.43. The molecule has 0 aliphatic carbocycles. The third kappa shape index (κ3) is 4.20. The second-order valence-corrected chi connectivity index (χ2v) is 6.08. The molecule has 0 aromatic heterocycles. The fraction of sp³-hybridized carbons (Fsp3) is 0.857. The van der Waals surface area contributed by atoms with Crippen molar-refractivity contribution < 1.29 is 14.7 Å². The molecule has 0 radical (unpaired) electrons. The molecule has 1 atom stereocenters. The number of amides is 1. The zero-order valence-corrected chi connectivity index (χ0v) is 12.5. The molecule has 5 nitrogen and oxygen atoms in total. The number of hydrogen-bond donors (Lipinski definition) is 1. The summed E-state index contributed by atoms with van der Waals surface area (Å²) in [6, 6.07) is 0. The van der Waals surface area contributed by atoms with Crippen LogP contribution >= 0.6 is 0 Å². The van der Waals surface area contributed by atoms with Gasteiger partial charge in [0.05, 0.1) is 0 Å². The molecule has 110 valence electrons. The molecule has 5 heteroatoms. The molecule has 0 aromatic carbocycles. The molecule has 0 spiro atoms. The molecule has 19 heavy (non-hydrogen) atoms. The standard InChI is InChI=1S/C14H26N2O3/c1-14(2)11(8-9-16(14)4)10-15(3)12(17)6-5-7-13(18)19/h11H,5-10H2,1-4H3,(H,18,19). The first kappa shape index (κ1) is 16.0. The highest BCUT2D eigenvalue weighted by Gasteiger charge is 2.39. The minimum Gasteiger partial charge on any atom is -0.481 e. The average Bonchev–Trinajstić information content (AvgIpc) is 2.55. The van der Waals surface area contributed by atoms with E-state index in [-0.39, 0.29) is 17.9 Å². The molecule has 1 heterocycles. The van der Waals surface area contributed by atoms with Gasteiger partial charge in [-0.05, 0) is 46.2 Å². The van der Waals surface area contributed by atoms with Gasteiger partial charge in [-0.15, -0.1) is 0 Å². The van der Waals surface area contributed by atoms with Gasteiger partial charge in [0.15, 0.2) is 0 Å². The second-order valence-electron chi connectivity index (χ2n) is 6.08. The van der Waals surface area contributed by atoms with E-state index in [1.165, 1.54) is 0 Å². The van der Waals surface area contributed by atoms with Crippen molar-refractivity contribution in [2.45, 2.75) is 45.1 Å². The average molecular weight is 270 g/mol. The lowest BCUT2D eigenvalue weighted by atomic mass is 9.88. The second kappa shape index (κ2) is 6.37. The summed E-state index contributed by atoms with van der Waals surface area (Å²) < 4.78 is 0. The fourth-order valence-electron chi connectivity index (χ4n) is 2.63. The molecule has 0 saturated carbocycles. The van der Waals surface area contributed by atoms with Gasteiger partial charge in [-0.1, -0.05) is 0 Å². The number of rotatable bonds is 6. The van der Waals surface area contributed by atoms with Crippen LogP contribution in [0.4, 0.5) is 0 Å². The first-order chi connectivity index (χ1) is 8.75. The lowest BCUT2D eigenvalue weighted by Crippen LogP contribution is -2.44. The Hall–Kier alpha value is -1.10. The fourth-order valence-corrected chi connectivity index (χ4v) is 2.63. The van der Waals surface area contributed by atoms with Gasteiger partial charge < -0.3 is 14.9 Å². The van der Waals surface area contributed by atoms with E-state index in [1.54, 1.807) is 4.90 Å². The number of carboxylic acids is 1. The minimum absolute atomic E-state index is 0.0478.